The van der Waals surface area contributed by atoms with Crippen molar-refractivity contribution in [3.8, 4) is 0 Å². The molecule has 2 aliphatic rings. The van der Waals surface area contributed by atoms with Crippen LogP contribution < -0.4 is 0 Å². The van der Waals surface area contributed by atoms with E-state index >= 15 is 0 Å². The second-order valence-corrected chi connectivity index (χ2v) is 8.24. The molecule has 0 bridgehead atoms. The van der Waals surface area contributed by atoms with Gasteiger partial charge in [-0.25, -0.2) is 4.79 Å². The highest BCUT2D eigenvalue weighted by molar-refractivity contribution is 5.97. The van der Waals surface area contributed by atoms with Crippen LogP contribution in [0.5, 0.6) is 0 Å². The molecule has 4 nitrogen and oxygen atoms in total. The predicted molar refractivity (Wildman–Crippen MR) is 93.1 cm³/mol. The van der Waals surface area contributed by atoms with Crippen LogP contribution in [0.3, 0.4) is 0 Å². The zero-order valence-corrected chi connectivity index (χ0v) is 14.8. The van der Waals surface area contributed by atoms with Crippen LogP contribution in [0.2, 0.25) is 0 Å². The van der Waals surface area contributed by atoms with Gasteiger partial charge in [-0.15, -0.1) is 0 Å². The first kappa shape index (κ1) is 17.0. The Kier molecular flexibility index (Phi) is 4.41. The van der Waals surface area contributed by atoms with Gasteiger partial charge in [-0.1, -0.05) is 45.7 Å². The Balaban J connectivity index is 1.87. The van der Waals surface area contributed by atoms with Gasteiger partial charge in [-0.05, 0) is 48.3 Å². The summed E-state index contributed by atoms with van der Waals surface area (Å²) in [7, 11) is 0. The number of amides is 1. The Labute approximate surface area is 143 Å². The van der Waals surface area contributed by atoms with Gasteiger partial charge in [0.05, 0.1) is 0 Å². The average Bonchev–Trinajstić information content (AvgIpc) is 2.93. The van der Waals surface area contributed by atoms with Crippen molar-refractivity contribution in [2.75, 3.05) is 0 Å². The maximum absolute atomic E-state index is 13.0. The Hall–Kier alpha value is -1.84. The fourth-order valence-corrected chi connectivity index (χ4v) is 4.23. The summed E-state index contributed by atoms with van der Waals surface area (Å²) in [5.41, 5.74) is 1.80. The van der Waals surface area contributed by atoms with Gasteiger partial charge in [-0.2, -0.15) is 0 Å². The summed E-state index contributed by atoms with van der Waals surface area (Å²) in [6.07, 6.45) is 4.81. The summed E-state index contributed by atoms with van der Waals surface area (Å²) >= 11 is 0. The van der Waals surface area contributed by atoms with Gasteiger partial charge in [0.15, 0.2) is 0 Å². The van der Waals surface area contributed by atoms with E-state index in [-0.39, 0.29) is 17.4 Å². The maximum atomic E-state index is 13.0. The zero-order valence-electron chi connectivity index (χ0n) is 14.8. The summed E-state index contributed by atoms with van der Waals surface area (Å²) < 4.78 is 0. The third-order valence-electron chi connectivity index (χ3n) is 5.61. The Morgan fingerprint density at radius 1 is 1.08 bits per heavy atom. The van der Waals surface area contributed by atoms with Crippen molar-refractivity contribution in [2.24, 2.45) is 5.92 Å². The molecule has 1 saturated heterocycles. The molecule has 3 rings (SSSR count). The summed E-state index contributed by atoms with van der Waals surface area (Å²) in [6.45, 7) is 6.41. The van der Waals surface area contributed by atoms with E-state index in [0.717, 1.165) is 25.7 Å². The second-order valence-electron chi connectivity index (χ2n) is 8.24. The molecule has 24 heavy (non-hydrogen) atoms. The molecule has 1 N–H and O–H groups in total. The molecule has 1 aliphatic heterocycles. The number of aliphatic carboxylic acids is 1. The molecule has 1 saturated carbocycles. The van der Waals surface area contributed by atoms with Crippen molar-refractivity contribution < 1.29 is 14.7 Å². The molecule has 0 radical (unpaired) electrons. The number of nitrogens with zero attached hydrogens (tertiary/aromatic N) is 1. The van der Waals surface area contributed by atoms with Crippen molar-refractivity contribution in [1.82, 2.24) is 4.90 Å². The van der Waals surface area contributed by atoms with Gasteiger partial charge in [0, 0.05) is 11.6 Å². The van der Waals surface area contributed by atoms with Crippen molar-refractivity contribution in [2.45, 2.75) is 70.4 Å². The van der Waals surface area contributed by atoms with E-state index in [9.17, 15) is 14.7 Å². The van der Waals surface area contributed by atoms with E-state index in [1.807, 2.05) is 24.3 Å². The minimum absolute atomic E-state index is 0.0350. The van der Waals surface area contributed by atoms with Crippen molar-refractivity contribution in [3.05, 3.63) is 35.4 Å². The topological polar surface area (TPSA) is 57.6 Å². The molecule has 0 aromatic heterocycles. The SMILES string of the molecule is CC(C)(C)c1ccc(C(=O)N2C(C(=O)O)CC3CCCCC32)cc1. The molecule has 1 aromatic rings. The van der Waals surface area contributed by atoms with Crippen LogP contribution in [-0.4, -0.2) is 34.0 Å². The van der Waals surface area contributed by atoms with Crippen LogP contribution in [0.25, 0.3) is 0 Å². The molecule has 3 unspecified atom stereocenters. The molecule has 130 valence electrons. The minimum Gasteiger partial charge on any atom is -0.480 e. The summed E-state index contributed by atoms with van der Waals surface area (Å²) in [5, 5.41) is 9.58. The highest BCUT2D eigenvalue weighted by Gasteiger charge is 2.47. The van der Waals surface area contributed by atoms with Crippen LogP contribution in [0.4, 0.5) is 0 Å². The lowest BCUT2D eigenvalue weighted by Crippen LogP contribution is -2.46. The van der Waals surface area contributed by atoms with E-state index < -0.39 is 12.0 Å². The first-order chi connectivity index (χ1) is 11.3. The van der Waals surface area contributed by atoms with E-state index in [4.69, 9.17) is 0 Å². The molecule has 1 aliphatic carbocycles. The predicted octanol–water partition coefficient (Wildman–Crippen LogP) is 3.84. The van der Waals surface area contributed by atoms with E-state index in [1.165, 1.54) is 5.56 Å². The van der Waals surface area contributed by atoms with Crippen LogP contribution in [0.15, 0.2) is 24.3 Å². The van der Waals surface area contributed by atoms with Crippen LogP contribution in [-0.2, 0) is 10.2 Å². The number of carbonyl (C=O) groups is 2. The first-order valence-electron chi connectivity index (χ1n) is 8.95. The fourth-order valence-electron chi connectivity index (χ4n) is 4.23. The molecule has 1 amide bonds. The van der Waals surface area contributed by atoms with Gasteiger partial charge < -0.3 is 10.0 Å². The molecular formula is C20H27NO3. The summed E-state index contributed by atoms with van der Waals surface area (Å²) in [5.74, 6) is -0.654. The van der Waals surface area contributed by atoms with E-state index in [1.54, 1.807) is 4.90 Å². The Morgan fingerprint density at radius 3 is 2.29 bits per heavy atom. The van der Waals surface area contributed by atoms with E-state index in [0.29, 0.717) is 17.9 Å². The number of carboxylic acid groups (broad SMARTS) is 1. The first-order valence-corrected chi connectivity index (χ1v) is 8.95. The molecule has 0 spiro atoms. The number of rotatable bonds is 2. The number of carbonyl (C=O) groups excluding carboxylic acids is 1. The standard InChI is InChI=1S/C20H27NO3/c1-20(2,3)15-10-8-13(9-11-15)18(22)21-16-7-5-4-6-14(16)12-17(21)19(23)24/h8-11,14,16-17H,4-7,12H2,1-3H3,(H,23,24). The highest BCUT2D eigenvalue weighted by atomic mass is 16.4. The summed E-state index contributed by atoms with van der Waals surface area (Å²) in [6, 6.07) is 7.08. The summed E-state index contributed by atoms with van der Waals surface area (Å²) in [4.78, 5) is 26.4. The number of hydrogen-bond donors (Lipinski definition) is 1. The molecular weight excluding hydrogens is 302 g/mol. The highest BCUT2D eigenvalue weighted by Crippen LogP contribution is 2.40. The number of likely N-dealkylation sites (tertiary alicyclic amines) is 1. The molecule has 1 heterocycles. The van der Waals surface area contributed by atoms with Crippen LogP contribution >= 0.6 is 0 Å². The molecule has 4 heteroatoms. The lowest BCUT2D eigenvalue weighted by Gasteiger charge is -2.33. The minimum atomic E-state index is -0.871. The number of carboxylic acids is 1. The second kappa shape index (κ2) is 6.23. The van der Waals surface area contributed by atoms with Crippen LogP contribution in [0, 0.1) is 5.92 Å². The fraction of sp³-hybridized carbons (Fsp3) is 0.600. The maximum Gasteiger partial charge on any atom is 0.326 e. The van der Waals surface area contributed by atoms with E-state index in [2.05, 4.69) is 20.8 Å². The van der Waals surface area contributed by atoms with Crippen molar-refractivity contribution in [3.63, 3.8) is 0 Å². The van der Waals surface area contributed by atoms with Gasteiger partial charge in [-0.3, -0.25) is 4.79 Å². The van der Waals surface area contributed by atoms with Gasteiger partial charge in [0.2, 0.25) is 0 Å². The lowest BCUT2D eigenvalue weighted by atomic mass is 9.84. The smallest absolute Gasteiger partial charge is 0.326 e. The number of benzene rings is 1. The normalized spacial score (nSPS) is 27.0. The lowest BCUT2D eigenvalue weighted by molar-refractivity contribution is -0.141. The van der Waals surface area contributed by atoms with Crippen molar-refractivity contribution >= 4 is 11.9 Å². The van der Waals surface area contributed by atoms with Crippen molar-refractivity contribution in [1.29, 1.82) is 0 Å². The largest absolute Gasteiger partial charge is 0.480 e. The number of fused-ring (bicyclic) bond motifs is 1. The molecule has 3 atom stereocenters. The van der Waals surface area contributed by atoms with Gasteiger partial charge in [0.25, 0.3) is 5.91 Å². The third kappa shape index (κ3) is 3.06. The van der Waals surface area contributed by atoms with Crippen LogP contribution in [0.1, 0.15) is 68.8 Å². The zero-order chi connectivity index (χ0) is 17.5. The number of hydrogen-bond acceptors (Lipinski definition) is 2. The van der Waals surface area contributed by atoms with Gasteiger partial charge >= 0.3 is 5.97 Å². The molecule has 1 aromatic carbocycles. The quantitative estimate of drug-likeness (QED) is 0.897. The Bertz CT molecular complexity index is 629. The monoisotopic (exact) mass is 329 g/mol. The Morgan fingerprint density at radius 2 is 1.71 bits per heavy atom. The van der Waals surface area contributed by atoms with Gasteiger partial charge in [0.1, 0.15) is 6.04 Å². The third-order valence-corrected chi connectivity index (χ3v) is 5.61. The average molecular weight is 329 g/mol. The molecule has 2 fully saturated rings.